The predicted octanol–water partition coefficient (Wildman–Crippen LogP) is 4.01. The van der Waals surface area contributed by atoms with Crippen LogP contribution in [-0.2, 0) is 9.53 Å². The number of rotatable bonds is 5. The van der Waals surface area contributed by atoms with Crippen molar-refractivity contribution >= 4 is 23.3 Å². The summed E-state index contributed by atoms with van der Waals surface area (Å²) in [5.74, 6) is 0.299. The van der Waals surface area contributed by atoms with Gasteiger partial charge in [-0.3, -0.25) is 4.79 Å². The van der Waals surface area contributed by atoms with E-state index < -0.39 is 17.7 Å². The molecule has 0 aliphatic heterocycles. The molecule has 1 aliphatic rings. The van der Waals surface area contributed by atoms with Crippen molar-refractivity contribution in [1.82, 2.24) is 10.6 Å². The van der Waals surface area contributed by atoms with Crippen LogP contribution in [0.3, 0.4) is 0 Å². The lowest BCUT2D eigenvalue weighted by atomic mass is 9.96. The average Bonchev–Trinajstić information content (AvgIpc) is 3.15. The highest BCUT2D eigenvalue weighted by Crippen LogP contribution is 2.37. The molecule has 0 aromatic carbocycles. The van der Waals surface area contributed by atoms with Crippen LogP contribution >= 0.6 is 11.3 Å². The van der Waals surface area contributed by atoms with Crippen molar-refractivity contribution in [2.45, 2.75) is 71.1 Å². The molecule has 6 heteroatoms. The van der Waals surface area contributed by atoms with Gasteiger partial charge in [0.25, 0.3) is 0 Å². The van der Waals surface area contributed by atoms with Crippen molar-refractivity contribution < 1.29 is 14.3 Å². The number of amides is 2. The van der Waals surface area contributed by atoms with E-state index in [0.717, 1.165) is 12.8 Å². The summed E-state index contributed by atoms with van der Waals surface area (Å²) in [4.78, 5) is 25.5. The number of carbonyl (C=O) groups excluding carboxylic acids is 2. The van der Waals surface area contributed by atoms with E-state index in [4.69, 9.17) is 4.74 Å². The van der Waals surface area contributed by atoms with Crippen molar-refractivity contribution in [2.24, 2.45) is 5.92 Å². The molecule has 1 aromatic rings. The van der Waals surface area contributed by atoms with E-state index in [1.807, 2.05) is 11.4 Å². The molecule has 1 aliphatic carbocycles. The van der Waals surface area contributed by atoms with Crippen LogP contribution in [0.2, 0.25) is 0 Å². The first-order chi connectivity index (χ1) is 11.3. The molecule has 0 radical (unpaired) electrons. The van der Waals surface area contributed by atoms with E-state index in [1.165, 1.54) is 17.7 Å². The molecule has 2 amide bonds. The maximum Gasteiger partial charge on any atom is 0.408 e. The zero-order valence-corrected chi connectivity index (χ0v) is 15.7. The Kier molecular flexibility index (Phi) is 6.27. The highest BCUT2D eigenvalue weighted by molar-refractivity contribution is 7.10. The zero-order chi connectivity index (χ0) is 17.7. The number of hydrogen-bond donors (Lipinski definition) is 2. The van der Waals surface area contributed by atoms with E-state index in [1.54, 1.807) is 39.0 Å². The Morgan fingerprint density at radius 3 is 2.46 bits per heavy atom. The molecule has 1 saturated carbocycles. The Labute approximate surface area is 148 Å². The molecule has 0 saturated heterocycles. The van der Waals surface area contributed by atoms with Crippen LogP contribution in [0, 0.1) is 5.92 Å². The molecule has 2 N–H and O–H groups in total. The van der Waals surface area contributed by atoms with E-state index in [9.17, 15) is 9.59 Å². The summed E-state index contributed by atoms with van der Waals surface area (Å²) in [6.07, 6.45) is 4.13. The second kappa shape index (κ2) is 8.01. The van der Waals surface area contributed by atoms with Crippen LogP contribution in [0.4, 0.5) is 4.79 Å². The fourth-order valence-corrected chi connectivity index (χ4v) is 3.88. The van der Waals surface area contributed by atoms with Gasteiger partial charge in [0.05, 0.1) is 6.04 Å². The quantitative estimate of drug-likeness (QED) is 0.841. The van der Waals surface area contributed by atoms with Gasteiger partial charge in [0.15, 0.2) is 0 Å². The molecule has 1 aromatic heterocycles. The third-order valence-corrected chi connectivity index (χ3v) is 5.10. The highest BCUT2D eigenvalue weighted by Gasteiger charge is 2.30. The summed E-state index contributed by atoms with van der Waals surface area (Å²) in [5.41, 5.74) is -0.580. The van der Waals surface area contributed by atoms with Crippen LogP contribution in [0.1, 0.15) is 64.3 Å². The molecule has 2 rings (SSSR count). The highest BCUT2D eigenvalue weighted by atomic mass is 32.1. The van der Waals surface area contributed by atoms with Crippen molar-refractivity contribution in [3.8, 4) is 0 Å². The maximum atomic E-state index is 12.5. The van der Waals surface area contributed by atoms with Crippen molar-refractivity contribution in [1.29, 1.82) is 0 Å². The SMILES string of the molecule is C[C@H](NC(=O)OC(C)(C)C)C(=O)N[C@H](c1cccs1)C1CCCC1. The van der Waals surface area contributed by atoms with Gasteiger partial charge >= 0.3 is 6.09 Å². The molecule has 0 bridgehead atoms. The van der Waals surface area contributed by atoms with Gasteiger partial charge in [0.2, 0.25) is 5.91 Å². The fraction of sp³-hybridized carbons (Fsp3) is 0.667. The average molecular weight is 353 g/mol. The monoisotopic (exact) mass is 352 g/mol. The van der Waals surface area contributed by atoms with E-state index in [0.29, 0.717) is 5.92 Å². The van der Waals surface area contributed by atoms with Gasteiger partial charge < -0.3 is 15.4 Å². The van der Waals surface area contributed by atoms with Gasteiger partial charge in [-0.05, 0) is 57.9 Å². The third kappa shape index (κ3) is 5.51. The molecule has 134 valence electrons. The van der Waals surface area contributed by atoms with Crippen LogP contribution in [0.25, 0.3) is 0 Å². The smallest absolute Gasteiger partial charge is 0.408 e. The second-order valence-electron chi connectivity index (χ2n) is 7.41. The summed E-state index contributed by atoms with van der Waals surface area (Å²) in [6, 6.07) is 3.47. The lowest BCUT2D eigenvalue weighted by Crippen LogP contribution is -2.48. The Morgan fingerprint density at radius 1 is 1.25 bits per heavy atom. The van der Waals surface area contributed by atoms with Crippen LogP contribution in [0.15, 0.2) is 17.5 Å². The van der Waals surface area contributed by atoms with Gasteiger partial charge in [-0.15, -0.1) is 11.3 Å². The lowest BCUT2D eigenvalue weighted by Gasteiger charge is -2.26. The summed E-state index contributed by atoms with van der Waals surface area (Å²) in [6.45, 7) is 7.07. The first kappa shape index (κ1) is 18.8. The molecule has 5 nitrogen and oxygen atoms in total. The Balaban J connectivity index is 1.95. The minimum atomic E-state index is -0.635. The molecular weight excluding hydrogens is 324 g/mol. The fourth-order valence-electron chi connectivity index (χ4n) is 3.01. The first-order valence-electron chi connectivity index (χ1n) is 8.59. The molecule has 0 unspecified atom stereocenters. The van der Waals surface area contributed by atoms with Gasteiger partial charge in [0.1, 0.15) is 11.6 Å². The largest absolute Gasteiger partial charge is 0.444 e. The standard InChI is InChI=1S/C18H28N2O3S/c1-12(19-17(22)23-18(2,3)4)16(21)20-15(13-8-5-6-9-13)14-10-7-11-24-14/h7,10-13,15H,5-6,8-9H2,1-4H3,(H,19,22)(H,20,21)/t12-,15-/m0/s1. The molecular formula is C18H28N2O3S. The zero-order valence-electron chi connectivity index (χ0n) is 14.9. The molecule has 24 heavy (non-hydrogen) atoms. The predicted molar refractivity (Wildman–Crippen MR) is 96.0 cm³/mol. The second-order valence-corrected chi connectivity index (χ2v) is 8.39. The minimum Gasteiger partial charge on any atom is -0.444 e. The normalized spacial score (nSPS) is 18.0. The Hall–Kier alpha value is -1.56. The summed E-state index contributed by atoms with van der Waals surface area (Å²) in [5, 5.41) is 7.77. The summed E-state index contributed by atoms with van der Waals surface area (Å²) < 4.78 is 5.21. The van der Waals surface area contributed by atoms with Gasteiger partial charge in [0, 0.05) is 4.88 Å². The van der Waals surface area contributed by atoms with Crippen LogP contribution in [-0.4, -0.2) is 23.6 Å². The first-order valence-corrected chi connectivity index (χ1v) is 9.47. The molecule has 0 spiro atoms. The van der Waals surface area contributed by atoms with Crippen LogP contribution < -0.4 is 10.6 Å². The molecule has 2 atom stereocenters. The van der Waals surface area contributed by atoms with Crippen molar-refractivity contribution in [2.75, 3.05) is 0 Å². The number of hydrogen-bond acceptors (Lipinski definition) is 4. The number of carbonyl (C=O) groups is 2. The topological polar surface area (TPSA) is 67.4 Å². The minimum absolute atomic E-state index is 0.0305. The van der Waals surface area contributed by atoms with Gasteiger partial charge in [-0.1, -0.05) is 18.9 Å². The number of ether oxygens (including phenoxy) is 1. The van der Waals surface area contributed by atoms with Crippen molar-refractivity contribution in [3.05, 3.63) is 22.4 Å². The maximum absolute atomic E-state index is 12.5. The van der Waals surface area contributed by atoms with Crippen molar-refractivity contribution in [3.63, 3.8) is 0 Å². The van der Waals surface area contributed by atoms with Gasteiger partial charge in [-0.2, -0.15) is 0 Å². The summed E-state index contributed by atoms with van der Waals surface area (Å²) >= 11 is 1.67. The molecule has 1 heterocycles. The van der Waals surface area contributed by atoms with E-state index >= 15 is 0 Å². The number of nitrogens with one attached hydrogen (secondary N) is 2. The van der Waals surface area contributed by atoms with Gasteiger partial charge in [-0.25, -0.2) is 4.79 Å². The Morgan fingerprint density at radius 2 is 1.92 bits per heavy atom. The number of alkyl carbamates (subject to hydrolysis) is 1. The van der Waals surface area contributed by atoms with Crippen LogP contribution in [0.5, 0.6) is 0 Å². The van der Waals surface area contributed by atoms with E-state index in [-0.39, 0.29) is 11.9 Å². The summed E-state index contributed by atoms with van der Waals surface area (Å²) in [7, 11) is 0. The molecule has 1 fully saturated rings. The lowest BCUT2D eigenvalue weighted by molar-refractivity contribution is -0.123. The Bertz CT molecular complexity index is 545. The third-order valence-electron chi connectivity index (χ3n) is 4.15. The number of thiophene rings is 1. The van der Waals surface area contributed by atoms with E-state index in [2.05, 4.69) is 16.7 Å².